The molecule has 9 aromatic carbocycles. The van der Waals surface area contributed by atoms with Crippen LogP contribution in [0.15, 0.2) is 276 Å². The number of aromatic nitrogens is 5. The van der Waals surface area contributed by atoms with E-state index in [1.54, 1.807) is 59.9 Å². The Balaban J connectivity index is 0.000000136. The van der Waals surface area contributed by atoms with Gasteiger partial charge in [-0.25, -0.2) is 37.8 Å². The van der Waals surface area contributed by atoms with E-state index < -0.39 is 27.5 Å². The molecule has 0 aliphatic carbocycles. The van der Waals surface area contributed by atoms with Gasteiger partial charge in [0.15, 0.2) is 20.0 Å². The Hall–Kier alpha value is -10.7. The van der Waals surface area contributed by atoms with E-state index in [0.717, 1.165) is 80.4 Å². The van der Waals surface area contributed by atoms with Crippen LogP contribution >= 0.6 is 62.1 Å². The zero-order chi connectivity index (χ0) is 74.8. The second-order valence-electron chi connectivity index (χ2n) is 25.4. The molecule has 3 amide bonds. The zero-order valence-corrected chi connectivity index (χ0v) is 64.2. The highest BCUT2D eigenvalue weighted by Gasteiger charge is 2.38. The summed E-state index contributed by atoms with van der Waals surface area (Å²) in [6.07, 6.45) is 3.36. The van der Waals surface area contributed by atoms with Gasteiger partial charge in [-0.05, 0) is 122 Å². The number of thioether (sulfide) groups is 2. The lowest BCUT2D eigenvalue weighted by molar-refractivity contribution is -0.142. The number of thiophene rings is 1. The van der Waals surface area contributed by atoms with Gasteiger partial charge in [-0.15, -0.1) is 27.8 Å². The van der Waals surface area contributed by atoms with E-state index in [0.29, 0.717) is 59.2 Å². The van der Waals surface area contributed by atoms with Crippen molar-refractivity contribution in [3.05, 3.63) is 290 Å². The monoisotopic (exact) mass is 1590 g/mol. The molecule has 13 aromatic rings. The topological polar surface area (TPSA) is 227 Å². The SMILES string of the molecule is CCOC(=O)Cc1csc(SCC(=O)N2N=C(c3ccc4ccccc4c3)CC2c2ccc(OC)cc2)n1.Cn1cc(S(=O)(=O)CC(=O)N2N=C(c3cccs3)CC2c2ccc(F)cc2)c2ccccc21.O=C(CSc1n[nH]c(-c2ccc(Br)cc2)n1)N1N=C(c2ccc3ccccc3c2)CC1c1ccccc1. The maximum atomic E-state index is 13.5. The normalized spacial score (nSPS) is 15.5. The fraction of sp³-hybridized carbons (Fsp3) is 0.171. The van der Waals surface area contributed by atoms with Gasteiger partial charge in [0.05, 0.1) is 82.4 Å². The molecule has 4 aromatic heterocycles. The summed E-state index contributed by atoms with van der Waals surface area (Å²) < 4.78 is 53.8. The summed E-state index contributed by atoms with van der Waals surface area (Å²) in [7, 11) is -0.521. The number of carbonyl (C=O) groups excluding carboxylic acids is 4. The van der Waals surface area contributed by atoms with Crippen molar-refractivity contribution in [3.63, 3.8) is 0 Å². The number of nitrogens with one attached hydrogen (secondary N) is 1. The number of hydrazone groups is 3. The smallest absolute Gasteiger partial charge is 0.311 e. The minimum Gasteiger partial charge on any atom is -0.497 e. The molecule has 108 heavy (non-hydrogen) atoms. The molecular weight excluding hydrogens is 1530 g/mol. The number of ether oxygens (including phenoxy) is 2. The number of sulfone groups is 1. The first kappa shape index (κ1) is 74.1. The van der Waals surface area contributed by atoms with Crippen LogP contribution in [0.1, 0.15) is 82.7 Å². The predicted octanol–water partition coefficient (Wildman–Crippen LogP) is 17.3. The number of hydrogen-bond donors (Lipinski definition) is 1. The number of methoxy groups -OCH3 is 1. The van der Waals surface area contributed by atoms with Gasteiger partial charge in [0.1, 0.15) is 17.3 Å². The number of aryl methyl sites for hydroxylation is 1. The van der Waals surface area contributed by atoms with Crippen molar-refractivity contribution in [3.8, 4) is 17.1 Å². The molecule has 544 valence electrons. The van der Waals surface area contributed by atoms with Gasteiger partial charge in [-0.2, -0.15) is 15.3 Å². The standard InChI is InChI=1S/C29H22BrN5OS.C29H27N3O4S2.C24H20FN3O3S2/c30-24-14-12-21(13-15-24)28-31-29(33-32-28)37-18-27(36)35-26(20-7-2-1-3-8-20)17-25(34-35)23-11-10-19-6-4-5-9-22(19)16-23;1-3-36-28(34)15-23-17-37-29(30-23)38-18-27(33)32-26(20-10-12-24(35-2)13-11-20)16-25(31-32)22-9-8-19-6-4-5-7-21(19)14-22;1-27-14-23(18-5-2-3-6-20(18)27)33(30,31)15-24(29)28-21(16-8-10-17(25)11-9-16)13-19(26-28)22-7-4-12-32-22/h1-16,26H,17-18H2,(H,31,32,33);4-14,17,26H,3,15-16,18H2,1-2H3;2-12,14,21H,13,15H2,1H3. The number of para-hydroxylation sites is 1. The van der Waals surface area contributed by atoms with Crippen LogP contribution in [-0.4, -0.2) is 120 Å². The van der Waals surface area contributed by atoms with E-state index in [4.69, 9.17) is 19.7 Å². The van der Waals surface area contributed by atoms with Crippen LogP contribution in [0.5, 0.6) is 5.75 Å². The molecule has 16 rings (SSSR count). The second-order valence-corrected chi connectivity index (χ2v) is 32.2. The largest absolute Gasteiger partial charge is 0.497 e. The number of rotatable bonds is 20. The number of thiazole rings is 1. The van der Waals surface area contributed by atoms with Crippen molar-refractivity contribution in [1.82, 2.24) is 39.8 Å². The summed E-state index contributed by atoms with van der Waals surface area (Å²) in [5.74, 6) is -0.390. The first-order valence-electron chi connectivity index (χ1n) is 34.5. The molecule has 1 N–H and O–H groups in total. The van der Waals surface area contributed by atoms with Gasteiger partial charge >= 0.3 is 5.97 Å². The minimum absolute atomic E-state index is 0.0790. The fourth-order valence-electron chi connectivity index (χ4n) is 12.9. The molecule has 3 atom stereocenters. The van der Waals surface area contributed by atoms with Gasteiger partial charge in [0.2, 0.25) is 5.16 Å². The summed E-state index contributed by atoms with van der Waals surface area (Å²) >= 11 is 9.02. The average Bonchev–Trinajstić information content (AvgIpc) is 1.62. The van der Waals surface area contributed by atoms with Crippen LogP contribution in [-0.2, 0) is 47.2 Å². The van der Waals surface area contributed by atoms with Crippen LogP contribution in [0.2, 0.25) is 0 Å². The molecule has 26 heteroatoms. The Morgan fingerprint density at radius 2 is 1.14 bits per heavy atom. The van der Waals surface area contributed by atoms with Crippen molar-refractivity contribution in [1.29, 1.82) is 0 Å². The van der Waals surface area contributed by atoms with Crippen molar-refractivity contribution in [2.75, 3.05) is 31.0 Å². The number of hydrogen-bond acceptors (Lipinski definition) is 18. The third-order valence-corrected chi connectivity index (χ3v) is 24.3. The van der Waals surface area contributed by atoms with E-state index in [9.17, 15) is 32.0 Å². The Bertz CT molecular complexity index is 5660. The van der Waals surface area contributed by atoms with Crippen LogP contribution < -0.4 is 4.74 Å². The first-order valence-corrected chi connectivity index (χ1v) is 40.6. The van der Waals surface area contributed by atoms with E-state index >= 15 is 0 Å². The van der Waals surface area contributed by atoms with Gasteiger partial charge in [-0.3, -0.25) is 24.3 Å². The molecule has 0 saturated carbocycles. The molecule has 3 aliphatic heterocycles. The Labute approximate surface area is 647 Å². The Morgan fingerprint density at radius 1 is 0.593 bits per heavy atom. The number of nitrogens with zero attached hydrogens (tertiary/aromatic N) is 10. The number of fused-ring (bicyclic) bond motifs is 3. The molecular formula is C82H69BrFN11O8S5. The first-order chi connectivity index (χ1) is 52.5. The number of esters is 1. The number of carbonyl (C=O) groups is 4. The van der Waals surface area contributed by atoms with Crippen molar-refractivity contribution >= 4 is 145 Å². The van der Waals surface area contributed by atoms with E-state index in [1.165, 1.54) is 74.9 Å². The third kappa shape index (κ3) is 17.3. The third-order valence-electron chi connectivity index (χ3n) is 18.3. The predicted molar refractivity (Wildman–Crippen MR) is 429 cm³/mol. The molecule has 0 radical (unpaired) electrons. The Kier molecular flexibility index (Phi) is 23.1. The fourth-order valence-corrected chi connectivity index (χ4v) is 17.7. The summed E-state index contributed by atoms with van der Waals surface area (Å²) in [6.45, 7) is 2.11. The van der Waals surface area contributed by atoms with Crippen LogP contribution in [0, 0.1) is 5.82 Å². The van der Waals surface area contributed by atoms with Crippen LogP contribution in [0.25, 0.3) is 43.8 Å². The van der Waals surface area contributed by atoms with Crippen LogP contribution in [0.4, 0.5) is 4.39 Å². The van der Waals surface area contributed by atoms with E-state index in [1.807, 2.05) is 126 Å². The number of H-pyrrole nitrogens is 1. The van der Waals surface area contributed by atoms with Crippen molar-refractivity contribution in [2.45, 2.75) is 65.1 Å². The second kappa shape index (κ2) is 33.6. The van der Waals surface area contributed by atoms with Gasteiger partial charge < -0.3 is 14.0 Å². The molecule has 0 spiro atoms. The zero-order valence-electron chi connectivity index (χ0n) is 58.5. The number of benzene rings is 9. The molecule has 0 fully saturated rings. The lowest BCUT2D eigenvalue weighted by atomic mass is 9.97. The Morgan fingerprint density at radius 3 is 1.75 bits per heavy atom. The maximum absolute atomic E-state index is 13.5. The quantitative estimate of drug-likeness (QED) is 0.0554. The highest BCUT2D eigenvalue weighted by Crippen LogP contribution is 2.39. The molecule has 0 bridgehead atoms. The summed E-state index contributed by atoms with van der Waals surface area (Å²) in [5, 5.41) is 35.4. The number of halogens is 2. The van der Waals surface area contributed by atoms with Gasteiger partial charge in [0, 0.05) is 58.8 Å². The maximum Gasteiger partial charge on any atom is 0.311 e. The lowest BCUT2D eigenvalue weighted by Gasteiger charge is -2.22. The van der Waals surface area contributed by atoms with E-state index in [-0.39, 0.29) is 58.5 Å². The summed E-state index contributed by atoms with van der Waals surface area (Å²) in [5.41, 5.74) is 9.65. The van der Waals surface area contributed by atoms with Crippen LogP contribution in [0.3, 0.4) is 0 Å². The summed E-state index contributed by atoms with van der Waals surface area (Å²) in [6, 6.07) is 70.8. The highest BCUT2D eigenvalue weighted by atomic mass is 79.9. The number of amides is 3. The minimum atomic E-state index is -3.93. The van der Waals surface area contributed by atoms with Gasteiger partial charge in [-0.1, -0.05) is 203 Å². The highest BCUT2D eigenvalue weighted by molar-refractivity contribution is 9.10. The molecule has 19 nitrogen and oxygen atoms in total. The van der Waals surface area contributed by atoms with Crippen molar-refractivity contribution < 1.29 is 41.5 Å². The van der Waals surface area contributed by atoms with Gasteiger partial charge in [0.25, 0.3) is 17.7 Å². The lowest BCUT2D eigenvalue weighted by Crippen LogP contribution is -2.32. The molecule has 3 aliphatic rings. The average molecular weight is 1600 g/mol. The van der Waals surface area contributed by atoms with Crippen molar-refractivity contribution in [2.24, 2.45) is 22.4 Å². The number of aromatic amines is 1. The van der Waals surface area contributed by atoms with E-state index in [2.05, 4.69) is 114 Å². The molecule has 0 saturated heterocycles. The molecule has 3 unspecified atom stereocenters. The molecule has 7 heterocycles. The summed E-state index contributed by atoms with van der Waals surface area (Å²) in [4.78, 5) is 62.0.